The number of rotatable bonds is 6. The highest BCUT2D eigenvalue weighted by molar-refractivity contribution is 5.99. The monoisotopic (exact) mass is 416 g/mol. The second-order valence-electron chi connectivity index (χ2n) is 7.82. The molecule has 0 bridgehead atoms. The van der Waals surface area contributed by atoms with Crippen molar-refractivity contribution in [2.75, 3.05) is 26.0 Å². The lowest BCUT2D eigenvalue weighted by Gasteiger charge is -2.17. The summed E-state index contributed by atoms with van der Waals surface area (Å²) in [5, 5.41) is 5.06. The Morgan fingerprint density at radius 3 is 2.29 bits per heavy atom. The van der Waals surface area contributed by atoms with Gasteiger partial charge in [-0.3, -0.25) is 9.59 Å². The molecule has 0 saturated heterocycles. The molecule has 0 unspecified atom stereocenters. The summed E-state index contributed by atoms with van der Waals surface area (Å²) in [6.45, 7) is 5.93. The zero-order valence-electron chi connectivity index (χ0n) is 18.7. The van der Waals surface area contributed by atoms with Crippen LogP contribution in [0.1, 0.15) is 22.3 Å². The van der Waals surface area contributed by atoms with Gasteiger partial charge in [0.2, 0.25) is 11.8 Å². The van der Waals surface area contributed by atoms with Crippen LogP contribution in [0.2, 0.25) is 0 Å². The van der Waals surface area contributed by atoms with Crippen LogP contribution in [0.3, 0.4) is 0 Å². The Labute approximate surface area is 183 Å². The lowest BCUT2D eigenvalue weighted by Crippen LogP contribution is -2.34. The molecule has 0 aliphatic rings. The maximum Gasteiger partial charge on any atom is 0.246 e. The molecular formula is C26H28N2O3. The van der Waals surface area contributed by atoms with Gasteiger partial charge in [-0.05, 0) is 72.5 Å². The van der Waals surface area contributed by atoms with Crippen molar-refractivity contribution in [3.8, 4) is 5.75 Å². The minimum atomic E-state index is -0.234. The Morgan fingerprint density at radius 2 is 1.61 bits per heavy atom. The second kappa shape index (κ2) is 9.47. The first-order valence-corrected chi connectivity index (χ1v) is 10.2. The van der Waals surface area contributed by atoms with E-state index in [1.54, 1.807) is 20.2 Å². The summed E-state index contributed by atoms with van der Waals surface area (Å²) in [5.41, 5.74) is 4.88. The normalized spacial score (nSPS) is 11.0. The summed E-state index contributed by atoms with van der Waals surface area (Å²) >= 11 is 0. The highest BCUT2D eigenvalue weighted by Crippen LogP contribution is 2.23. The number of fused-ring (bicyclic) bond motifs is 1. The van der Waals surface area contributed by atoms with Crippen LogP contribution in [-0.2, 0) is 9.59 Å². The first kappa shape index (κ1) is 22.1. The Balaban J connectivity index is 1.63. The number of ether oxygens (including phenoxy) is 1. The molecule has 0 aliphatic heterocycles. The van der Waals surface area contributed by atoms with E-state index in [1.807, 2.05) is 69.3 Å². The lowest BCUT2D eigenvalue weighted by atomic mass is 10.1. The van der Waals surface area contributed by atoms with Crippen LogP contribution in [0.25, 0.3) is 16.8 Å². The molecule has 5 heteroatoms. The van der Waals surface area contributed by atoms with E-state index in [9.17, 15) is 9.59 Å². The number of likely N-dealkylation sites (N-methyl/N-ethyl adjacent to an activating group) is 1. The molecule has 0 spiro atoms. The Kier molecular flexibility index (Phi) is 6.75. The largest absolute Gasteiger partial charge is 0.497 e. The smallest absolute Gasteiger partial charge is 0.246 e. The molecule has 3 aromatic carbocycles. The van der Waals surface area contributed by atoms with E-state index in [-0.39, 0.29) is 18.4 Å². The summed E-state index contributed by atoms with van der Waals surface area (Å²) in [4.78, 5) is 26.3. The van der Waals surface area contributed by atoms with E-state index in [0.29, 0.717) is 0 Å². The first-order valence-electron chi connectivity index (χ1n) is 10.2. The Bertz CT molecular complexity index is 1140. The fraction of sp³-hybridized carbons (Fsp3) is 0.231. The lowest BCUT2D eigenvalue weighted by molar-refractivity contribution is -0.129. The maximum absolute atomic E-state index is 12.5. The van der Waals surface area contributed by atoms with Crippen LogP contribution in [0, 0.1) is 20.8 Å². The predicted molar refractivity (Wildman–Crippen MR) is 126 cm³/mol. The number of nitrogens with one attached hydrogen (secondary N) is 1. The molecule has 3 aromatic rings. The van der Waals surface area contributed by atoms with Crippen molar-refractivity contribution in [3.05, 3.63) is 76.9 Å². The number of carbonyl (C=O) groups is 2. The third-order valence-electron chi connectivity index (χ3n) is 5.19. The predicted octanol–water partition coefficient (Wildman–Crippen LogP) is 4.88. The van der Waals surface area contributed by atoms with E-state index < -0.39 is 0 Å². The topological polar surface area (TPSA) is 58.6 Å². The zero-order chi connectivity index (χ0) is 22.5. The van der Waals surface area contributed by atoms with Crippen LogP contribution in [0.5, 0.6) is 5.75 Å². The van der Waals surface area contributed by atoms with Gasteiger partial charge >= 0.3 is 0 Å². The molecular weight excluding hydrogens is 388 g/mol. The standard InChI is InChI=1S/C26H28N2O3/c1-17-12-18(2)26(19(3)13-17)27-24(29)16-28(4)25(30)11-7-20-6-8-22-15-23(31-5)10-9-21(22)14-20/h6-15H,16H2,1-5H3,(H,27,29)/b11-7+. The van der Waals surface area contributed by atoms with Crippen molar-refractivity contribution in [2.24, 2.45) is 0 Å². The van der Waals surface area contributed by atoms with E-state index in [0.717, 1.165) is 44.5 Å². The van der Waals surface area contributed by atoms with Crippen LogP contribution in [0.15, 0.2) is 54.6 Å². The van der Waals surface area contributed by atoms with Gasteiger partial charge < -0.3 is 15.0 Å². The Hall–Kier alpha value is -3.60. The summed E-state index contributed by atoms with van der Waals surface area (Å²) in [6, 6.07) is 15.9. The van der Waals surface area contributed by atoms with Gasteiger partial charge in [-0.1, -0.05) is 35.9 Å². The number of benzene rings is 3. The number of hydrogen-bond donors (Lipinski definition) is 1. The zero-order valence-corrected chi connectivity index (χ0v) is 18.7. The molecule has 0 saturated carbocycles. The number of anilines is 1. The second-order valence-corrected chi connectivity index (χ2v) is 7.82. The van der Waals surface area contributed by atoms with Crippen molar-refractivity contribution in [1.29, 1.82) is 0 Å². The van der Waals surface area contributed by atoms with Crippen LogP contribution < -0.4 is 10.1 Å². The average Bonchev–Trinajstić information content (AvgIpc) is 2.73. The van der Waals surface area contributed by atoms with Gasteiger partial charge in [0.1, 0.15) is 5.75 Å². The van der Waals surface area contributed by atoms with E-state index in [4.69, 9.17) is 4.74 Å². The molecule has 0 aromatic heterocycles. The number of hydrogen-bond acceptors (Lipinski definition) is 3. The van der Waals surface area contributed by atoms with Crippen molar-refractivity contribution in [3.63, 3.8) is 0 Å². The minimum absolute atomic E-state index is 0.0204. The Morgan fingerprint density at radius 1 is 0.968 bits per heavy atom. The van der Waals surface area contributed by atoms with Gasteiger partial charge in [0.05, 0.1) is 13.7 Å². The van der Waals surface area contributed by atoms with Gasteiger partial charge in [-0.2, -0.15) is 0 Å². The summed E-state index contributed by atoms with van der Waals surface area (Å²) in [6.07, 6.45) is 3.25. The SMILES string of the molecule is COc1ccc2cc(/C=C/C(=O)N(C)CC(=O)Nc3c(C)cc(C)cc3C)ccc2c1. The number of methoxy groups -OCH3 is 1. The molecule has 0 heterocycles. The summed E-state index contributed by atoms with van der Waals surface area (Å²) in [5.74, 6) is 0.350. The van der Waals surface area contributed by atoms with E-state index in [2.05, 4.69) is 5.32 Å². The maximum atomic E-state index is 12.5. The number of nitrogens with zero attached hydrogens (tertiary/aromatic N) is 1. The first-order chi connectivity index (χ1) is 14.8. The molecule has 1 N–H and O–H groups in total. The third kappa shape index (κ3) is 5.51. The molecule has 0 aliphatic carbocycles. The van der Waals surface area contributed by atoms with Crippen molar-refractivity contribution in [2.45, 2.75) is 20.8 Å². The molecule has 160 valence electrons. The van der Waals surface area contributed by atoms with Crippen LogP contribution >= 0.6 is 0 Å². The average molecular weight is 417 g/mol. The van der Waals surface area contributed by atoms with Gasteiger partial charge in [-0.25, -0.2) is 0 Å². The molecule has 3 rings (SSSR count). The summed E-state index contributed by atoms with van der Waals surface area (Å²) < 4.78 is 5.25. The van der Waals surface area contributed by atoms with Crippen LogP contribution in [0.4, 0.5) is 5.69 Å². The fourth-order valence-corrected chi connectivity index (χ4v) is 3.62. The third-order valence-corrected chi connectivity index (χ3v) is 5.19. The van der Waals surface area contributed by atoms with Gasteiger partial charge in [-0.15, -0.1) is 0 Å². The molecule has 31 heavy (non-hydrogen) atoms. The van der Waals surface area contributed by atoms with Gasteiger partial charge in [0, 0.05) is 18.8 Å². The summed E-state index contributed by atoms with van der Waals surface area (Å²) in [7, 11) is 3.26. The van der Waals surface area contributed by atoms with E-state index in [1.165, 1.54) is 11.0 Å². The quantitative estimate of drug-likeness (QED) is 0.583. The fourth-order valence-electron chi connectivity index (χ4n) is 3.62. The number of amides is 2. The highest BCUT2D eigenvalue weighted by Gasteiger charge is 2.13. The molecule has 2 amide bonds. The number of carbonyl (C=O) groups excluding carboxylic acids is 2. The van der Waals surface area contributed by atoms with E-state index >= 15 is 0 Å². The van der Waals surface area contributed by atoms with Gasteiger partial charge in [0.25, 0.3) is 0 Å². The number of aryl methyl sites for hydroxylation is 3. The molecule has 0 atom stereocenters. The van der Waals surface area contributed by atoms with Gasteiger partial charge in [0.15, 0.2) is 0 Å². The van der Waals surface area contributed by atoms with Crippen molar-refractivity contribution < 1.29 is 14.3 Å². The minimum Gasteiger partial charge on any atom is -0.497 e. The van der Waals surface area contributed by atoms with Crippen molar-refractivity contribution >= 4 is 34.4 Å². The highest BCUT2D eigenvalue weighted by atomic mass is 16.5. The van der Waals surface area contributed by atoms with Crippen molar-refractivity contribution in [1.82, 2.24) is 4.90 Å². The molecule has 5 nitrogen and oxygen atoms in total. The molecule has 0 fully saturated rings. The molecule has 0 radical (unpaired) electrons. The van der Waals surface area contributed by atoms with Crippen LogP contribution in [-0.4, -0.2) is 37.4 Å².